The van der Waals surface area contributed by atoms with E-state index in [0.29, 0.717) is 6.42 Å². The van der Waals surface area contributed by atoms with Gasteiger partial charge in [-0.05, 0) is 18.1 Å². The summed E-state index contributed by atoms with van der Waals surface area (Å²) in [5.41, 5.74) is -0.960. The Hall–Kier alpha value is -2.15. The molecule has 0 aliphatic carbocycles. The number of nitrogens with zero attached hydrogens (tertiary/aromatic N) is 1. The van der Waals surface area contributed by atoms with Gasteiger partial charge in [0.15, 0.2) is 5.38 Å². The quantitative estimate of drug-likeness (QED) is 0.473. The van der Waals surface area contributed by atoms with E-state index in [-0.39, 0.29) is 17.5 Å². The number of rotatable bonds is 6. The number of aliphatic carboxylic acids is 1. The molecule has 0 aliphatic heterocycles. The molecule has 0 saturated heterocycles. The zero-order valence-electron chi connectivity index (χ0n) is 10.5. The first-order valence-corrected chi connectivity index (χ1v) is 6.15. The molecule has 2 N–H and O–H groups in total. The lowest BCUT2D eigenvalue weighted by Gasteiger charge is -2.13. The van der Waals surface area contributed by atoms with Crippen LogP contribution in [0.2, 0.25) is 0 Å². The van der Waals surface area contributed by atoms with Gasteiger partial charge in [-0.3, -0.25) is 14.9 Å². The van der Waals surface area contributed by atoms with Gasteiger partial charge < -0.3 is 10.2 Å². The second kappa shape index (κ2) is 6.33. The molecule has 108 valence electrons. The van der Waals surface area contributed by atoms with E-state index in [0.717, 1.165) is 6.07 Å². The third kappa shape index (κ3) is 3.05. The highest BCUT2D eigenvalue weighted by molar-refractivity contribution is 6.29. The van der Waals surface area contributed by atoms with Crippen LogP contribution in [0.4, 0.5) is 5.69 Å². The first-order chi connectivity index (χ1) is 9.31. The van der Waals surface area contributed by atoms with Gasteiger partial charge in [-0.15, -0.1) is 11.6 Å². The molecule has 20 heavy (non-hydrogen) atoms. The topological polar surface area (TPSA) is 118 Å². The maximum Gasteiger partial charge on any atom is 0.342 e. The summed E-state index contributed by atoms with van der Waals surface area (Å²) in [7, 11) is 0. The molecular weight excluding hydrogens is 290 g/mol. The van der Waals surface area contributed by atoms with Gasteiger partial charge in [0.2, 0.25) is 0 Å². The maximum absolute atomic E-state index is 11.1. The summed E-state index contributed by atoms with van der Waals surface area (Å²) in [5.74, 6) is -2.79. The van der Waals surface area contributed by atoms with E-state index in [1.807, 2.05) is 0 Å². The summed E-state index contributed by atoms with van der Waals surface area (Å²) in [6.07, 6.45) is 0.656. The van der Waals surface area contributed by atoms with E-state index >= 15 is 0 Å². The fourth-order valence-corrected chi connectivity index (χ4v) is 2.12. The van der Waals surface area contributed by atoms with Crippen LogP contribution in [-0.4, -0.2) is 27.1 Å². The van der Waals surface area contributed by atoms with E-state index < -0.39 is 33.5 Å². The van der Waals surface area contributed by atoms with Crippen LogP contribution >= 0.6 is 11.6 Å². The van der Waals surface area contributed by atoms with E-state index in [9.17, 15) is 19.7 Å². The minimum atomic E-state index is -1.46. The molecule has 8 heteroatoms. The van der Waals surface area contributed by atoms with Crippen molar-refractivity contribution in [3.05, 3.63) is 38.9 Å². The summed E-state index contributed by atoms with van der Waals surface area (Å²) >= 11 is 5.72. The summed E-state index contributed by atoms with van der Waals surface area (Å²) in [4.78, 5) is 32.3. The molecule has 1 aromatic carbocycles. The minimum absolute atomic E-state index is 0.0534. The molecule has 0 spiro atoms. The lowest BCUT2D eigenvalue weighted by Crippen LogP contribution is -2.13. The van der Waals surface area contributed by atoms with Crippen LogP contribution in [-0.2, 0) is 11.2 Å². The minimum Gasteiger partial charge on any atom is -0.480 e. The van der Waals surface area contributed by atoms with Crippen molar-refractivity contribution >= 4 is 29.2 Å². The Morgan fingerprint density at radius 3 is 2.40 bits per heavy atom. The number of aromatic carboxylic acids is 1. The fraction of sp³-hybridized carbons (Fsp3) is 0.333. The lowest BCUT2D eigenvalue weighted by atomic mass is 9.95. The first kappa shape index (κ1) is 15.9. The van der Waals surface area contributed by atoms with E-state index in [4.69, 9.17) is 21.8 Å². The molecule has 0 saturated carbocycles. The van der Waals surface area contributed by atoms with Crippen LogP contribution in [0, 0.1) is 10.1 Å². The smallest absolute Gasteiger partial charge is 0.342 e. The van der Waals surface area contributed by atoms with Gasteiger partial charge in [0.25, 0.3) is 5.69 Å². The summed E-state index contributed by atoms with van der Waals surface area (Å²) in [6.45, 7) is 1.74. The molecule has 1 atom stereocenters. The Bertz CT molecular complexity index is 571. The number of benzene rings is 1. The van der Waals surface area contributed by atoms with Crippen molar-refractivity contribution < 1.29 is 24.7 Å². The number of nitro benzene ring substituents is 1. The number of carbonyl (C=O) groups is 2. The monoisotopic (exact) mass is 301 g/mol. The standard InChI is InChI=1S/C12H12ClNO6/c1-2-3-7-6(9(13)12(17)18)4-5-8(11(15)16)10(7)14(19)20/h4-5,9H,2-3H2,1H3,(H,15,16)(H,17,18). The van der Waals surface area contributed by atoms with Crippen molar-refractivity contribution in [2.75, 3.05) is 0 Å². The van der Waals surface area contributed by atoms with Gasteiger partial charge in [0, 0.05) is 5.56 Å². The van der Waals surface area contributed by atoms with Crippen LogP contribution in [0.1, 0.15) is 40.2 Å². The van der Waals surface area contributed by atoms with Crippen molar-refractivity contribution in [1.82, 2.24) is 0 Å². The highest BCUT2D eigenvalue weighted by Crippen LogP contribution is 2.34. The van der Waals surface area contributed by atoms with Crippen LogP contribution < -0.4 is 0 Å². The SMILES string of the molecule is CCCc1c(C(Cl)C(=O)O)ccc(C(=O)O)c1[N+](=O)[O-]. The number of carboxylic acids is 2. The normalized spacial score (nSPS) is 11.9. The van der Waals surface area contributed by atoms with Crippen LogP contribution in [0.5, 0.6) is 0 Å². The van der Waals surface area contributed by atoms with Gasteiger partial charge in [-0.1, -0.05) is 19.4 Å². The molecule has 7 nitrogen and oxygen atoms in total. The largest absolute Gasteiger partial charge is 0.480 e. The highest BCUT2D eigenvalue weighted by Gasteiger charge is 2.30. The zero-order chi connectivity index (χ0) is 15.4. The molecule has 0 aromatic heterocycles. The van der Waals surface area contributed by atoms with Crippen LogP contribution in [0.25, 0.3) is 0 Å². The average molecular weight is 302 g/mol. The predicted molar refractivity (Wildman–Crippen MR) is 70.3 cm³/mol. The summed E-state index contributed by atoms with van der Waals surface area (Å²) < 4.78 is 0. The second-order valence-electron chi connectivity index (χ2n) is 4.04. The predicted octanol–water partition coefficient (Wildman–Crippen LogP) is 2.61. The van der Waals surface area contributed by atoms with Gasteiger partial charge >= 0.3 is 11.9 Å². The summed E-state index contributed by atoms with van der Waals surface area (Å²) in [5, 5.41) is 27.6. The molecule has 0 radical (unpaired) electrons. The Morgan fingerprint density at radius 1 is 1.40 bits per heavy atom. The van der Waals surface area contributed by atoms with Crippen LogP contribution in [0.3, 0.4) is 0 Å². The molecule has 1 unspecified atom stereocenters. The highest BCUT2D eigenvalue weighted by atomic mass is 35.5. The van der Waals surface area contributed by atoms with Crippen LogP contribution in [0.15, 0.2) is 12.1 Å². The Balaban J connectivity index is 3.64. The zero-order valence-corrected chi connectivity index (χ0v) is 11.3. The summed E-state index contributed by atoms with van der Waals surface area (Å²) in [6, 6.07) is 2.22. The van der Waals surface area contributed by atoms with Gasteiger partial charge in [-0.25, -0.2) is 4.79 Å². The van der Waals surface area contributed by atoms with E-state index in [2.05, 4.69) is 0 Å². The van der Waals surface area contributed by atoms with Crippen molar-refractivity contribution in [1.29, 1.82) is 0 Å². The molecule has 0 heterocycles. The van der Waals surface area contributed by atoms with Crippen molar-refractivity contribution in [2.24, 2.45) is 0 Å². The molecule has 0 fully saturated rings. The van der Waals surface area contributed by atoms with Crippen molar-refractivity contribution in [3.63, 3.8) is 0 Å². The van der Waals surface area contributed by atoms with Gasteiger partial charge in [-0.2, -0.15) is 0 Å². The molecule has 0 amide bonds. The second-order valence-corrected chi connectivity index (χ2v) is 4.48. The third-order valence-corrected chi connectivity index (χ3v) is 3.14. The number of nitro groups is 1. The number of hydrogen-bond donors (Lipinski definition) is 2. The molecule has 0 aliphatic rings. The Kier molecular flexibility index (Phi) is 5.04. The maximum atomic E-state index is 11.1. The van der Waals surface area contributed by atoms with Crippen molar-refractivity contribution in [3.8, 4) is 0 Å². The van der Waals surface area contributed by atoms with Gasteiger partial charge in [0.1, 0.15) is 5.56 Å². The Labute approximate surface area is 118 Å². The fourth-order valence-electron chi connectivity index (χ4n) is 1.92. The Morgan fingerprint density at radius 2 is 2.00 bits per heavy atom. The number of hydrogen-bond acceptors (Lipinski definition) is 4. The molecule has 1 aromatic rings. The van der Waals surface area contributed by atoms with E-state index in [1.165, 1.54) is 6.07 Å². The molecule has 1 rings (SSSR count). The van der Waals surface area contributed by atoms with E-state index in [1.54, 1.807) is 6.92 Å². The third-order valence-electron chi connectivity index (χ3n) is 2.72. The lowest BCUT2D eigenvalue weighted by molar-refractivity contribution is -0.385. The average Bonchev–Trinajstić information content (AvgIpc) is 2.37. The first-order valence-electron chi connectivity index (χ1n) is 5.71. The molecule has 0 bridgehead atoms. The molecular formula is C12H12ClNO6. The van der Waals surface area contributed by atoms with Crippen molar-refractivity contribution in [2.45, 2.75) is 25.1 Å². The number of halogens is 1. The number of carboxylic acid groups (broad SMARTS) is 2. The number of alkyl halides is 1. The van der Waals surface area contributed by atoms with Gasteiger partial charge in [0.05, 0.1) is 4.92 Å².